The van der Waals surface area contributed by atoms with Gasteiger partial charge in [0.15, 0.2) is 0 Å². The molecule has 1 nitrogen and oxygen atoms in total. The van der Waals surface area contributed by atoms with E-state index in [0.717, 1.165) is 11.0 Å². The van der Waals surface area contributed by atoms with Gasteiger partial charge in [0.25, 0.3) is 0 Å². The fourth-order valence-electron chi connectivity index (χ4n) is 2.97. The van der Waals surface area contributed by atoms with Crippen LogP contribution in [0.4, 0.5) is 4.39 Å². The van der Waals surface area contributed by atoms with Crippen molar-refractivity contribution in [3.63, 3.8) is 0 Å². The van der Waals surface area contributed by atoms with Crippen molar-refractivity contribution in [2.45, 2.75) is 45.1 Å². The first-order chi connectivity index (χ1) is 8.72. The topological polar surface area (TPSA) is 12.0 Å². The molecule has 1 atom stereocenters. The molecular weight excluding hydrogens is 293 g/mol. The first kappa shape index (κ1) is 14.0. The molecule has 1 aromatic carbocycles. The van der Waals surface area contributed by atoms with Crippen molar-refractivity contribution in [3.05, 3.63) is 34.1 Å². The van der Waals surface area contributed by atoms with Crippen molar-refractivity contribution in [3.8, 4) is 0 Å². The van der Waals surface area contributed by atoms with E-state index in [4.69, 9.17) is 0 Å². The Balaban J connectivity index is 2.22. The Bertz CT molecular complexity index is 388. The Morgan fingerprint density at radius 1 is 1.33 bits per heavy atom. The molecule has 0 heterocycles. The average Bonchev–Trinajstić information content (AvgIpc) is 2.38. The van der Waals surface area contributed by atoms with E-state index in [1.54, 1.807) is 12.1 Å². The van der Waals surface area contributed by atoms with Crippen LogP contribution in [0.15, 0.2) is 22.7 Å². The van der Waals surface area contributed by atoms with E-state index < -0.39 is 0 Å². The van der Waals surface area contributed by atoms with Crippen LogP contribution in [0.3, 0.4) is 0 Å². The van der Waals surface area contributed by atoms with Gasteiger partial charge in [-0.15, -0.1) is 0 Å². The lowest BCUT2D eigenvalue weighted by Gasteiger charge is -2.31. The van der Waals surface area contributed by atoms with Crippen molar-refractivity contribution >= 4 is 15.9 Å². The van der Waals surface area contributed by atoms with Crippen molar-refractivity contribution < 1.29 is 4.39 Å². The minimum atomic E-state index is -0.176. The predicted molar refractivity (Wildman–Crippen MR) is 77.1 cm³/mol. The van der Waals surface area contributed by atoms with E-state index >= 15 is 0 Å². The van der Waals surface area contributed by atoms with Crippen LogP contribution in [-0.2, 0) is 0 Å². The molecule has 0 saturated heterocycles. The molecule has 0 spiro atoms. The maximum absolute atomic E-state index is 13.2. The van der Waals surface area contributed by atoms with Crippen molar-refractivity contribution in [2.75, 3.05) is 6.54 Å². The third-order valence-corrected chi connectivity index (χ3v) is 4.53. The lowest BCUT2D eigenvalue weighted by atomic mass is 9.81. The fourth-order valence-corrected chi connectivity index (χ4v) is 3.57. The molecule has 0 bridgehead atoms. The van der Waals surface area contributed by atoms with Gasteiger partial charge in [0.2, 0.25) is 0 Å². The molecule has 2 rings (SSSR count). The summed E-state index contributed by atoms with van der Waals surface area (Å²) in [6.07, 6.45) is 6.57. The number of nitrogens with one attached hydrogen (secondary N) is 1. The second-order valence-corrected chi connectivity index (χ2v) is 5.95. The Kier molecular flexibility index (Phi) is 5.19. The van der Waals surface area contributed by atoms with Crippen LogP contribution < -0.4 is 5.32 Å². The Morgan fingerprint density at radius 2 is 2.06 bits per heavy atom. The van der Waals surface area contributed by atoms with Gasteiger partial charge >= 0.3 is 0 Å². The van der Waals surface area contributed by atoms with Crippen LogP contribution in [0.5, 0.6) is 0 Å². The summed E-state index contributed by atoms with van der Waals surface area (Å²) in [5, 5.41) is 3.58. The molecule has 1 N–H and O–H groups in total. The minimum absolute atomic E-state index is 0.176. The minimum Gasteiger partial charge on any atom is -0.310 e. The number of halogens is 2. The smallest absolute Gasteiger partial charge is 0.124 e. The maximum Gasteiger partial charge on any atom is 0.124 e. The second-order valence-electron chi connectivity index (χ2n) is 5.10. The largest absolute Gasteiger partial charge is 0.310 e. The zero-order chi connectivity index (χ0) is 13.0. The van der Waals surface area contributed by atoms with E-state index in [1.807, 2.05) is 6.07 Å². The van der Waals surface area contributed by atoms with Gasteiger partial charge in [0.1, 0.15) is 5.82 Å². The van der Waals surface area contributed by atoms with E-state index in [0.29, 0.717) is 12.0 Å². The summed E-state index contributed by atoms with van der Waals surface area (Å²) >= 11 is 3.50. The molecule has 1 aromatic rings. The lowest BCUT2D eigenvalue weighted by molar-refractivity contribution is 0.274. The molecule has 3 heteroatoms. The van der Waals surface area contributed by atoms with Gasteiger partial charge in [-0.2, -0.15) is 0 Å². The van der Waals surface area contributed by atoms with Gasteiger partial charge in [-0.1, -0.05) is 48.2 Å². The Labute approximate surface area is 117 Å². The highest BCUT2D eigenvalue weighted by molar-refractivity contribution is 9.10. The van der Waals surface area contributed by atoms with Gasteiger partial charge in [0, 0.05) is 10.5 Å². The van der Waals surface area contributed by atoms with Crippen LogP contribution in [-0.4, -0.2) is 6.54 Å². The molecule has 100 valence electrons. The van der Waals surface area contributed by atoms with Gasteiger partial charge in [0.05, 0.1) is 0 Å². The molecule has 0 aromatic heterocycles. The summed E-state index contributed by atoms with van der Waals surface area (Å²) in [4.78, 5) is 0. The van der Waals surface area contributed by atoms with Crippen LogP contribution in [0.1, 0.15) is 50.6 Å². The molecule has 18 heavy (non-hydrogen) atoms. The SMILES string of the molecule is CCNC(c1ccc(F)cc1Br)C1CCCCC1. The molecule has 0 radical (unpaired) electrons. The zero-order valence-corrected chi connectivity index (χ0v) is 12.5. The second kappa shape index (κ2) is 6.67. The molecule has 1 aliphatic carbocycles. The monoisotopic (exact) mass is 313 g/mol. The van der Waals surface area contributed by atoms with E-state index in [9.17, 15) is 4.39 Å². The van der Waals surface area contributed by atoms with E-state index in [2.05, 4.69) is 28.2 Å². The summed E-state index contributed by atoms with van der Waals surface area (Å²) in [7, 11) is 0. The molecule has 1 aliphatic rings. The van der Waals surface area contributed by atoms with Crippen LogP contribution in [0.25, 0.3) is 0 Å². The molecule has 1 unspecified atom stereocenters. The summed E-state index contributed by atoms with van der Waals surface area (Å²) in [6, 6.07) is 5.40. The fraction of sp³-hybridized carbons (Fsp3) is 0.600. The number of hydrogen-bond donors (Lipinski definition) is 1. The highest BCUT2D eigenvalue weighted by atomic mass is 79.9. The number of benzene rings is 1. The lowest BCUT2D eigenvalue weighted by Crippen LogP contribution is -2.30. The molecule has 0 amide bonds. The Hall–Kier alpha value is -0.410. The van der Waals surface area contributed by atoms with Crippen molar-refractivity contribution in [1.82, 2.24) is 5.32 Å². The molecule has 1 fully saturated rings. The van der Waals surface area contributed by atoms with Gasteiger partial charge in [-0.05, 0) is 43.0 Å². The third kappa shape index (κ3) is 3.33. The van der Waals surface area contributed by atoms with E-state index in [1.165, 1.54) is 37.7 Å². The standard InChI is InChI=1S/C15H21BrFN/c1-2-18-15(11-6-4-3-5-7-11)13-9-8-12(17)10-14(13)16/h8-11,15,18H,2-7H2,1H3. The van der Waals surface area contributed by atoms with Gasteiger partial charge in [-0.25, -0.2) is 4.39 Å². The molecular formula is C15H21BrFN. The quantitative estimate of drug-likeness (QED) is 0.840. The van der Waals surface area contributed by atoms with Gasteiger partial charge < -0.3 is 5.32 Å². The Morgan fingerprint density at radius 3 is 2.67 bits per heavy atom. The van der Waals surface area contributed by atoms with Crippen molar-refractivity contribution in [1.29, 1.82) is 0 Å². The maximum atomic E-state index is 13.2. The first-order valence-corrected chi connectivity index (χ1v) is 7.70. The predicted octanol–water partition coefficient (Wildman–Crippen LogP) is 4.82. The normalized spacial score (nSPS) is 18.8. The average molecular weight is 314 g/mol. The summed E-state index contributed by atoms with van der Waals surface area (Å²) in [5.41, 5.74) is 1.20. The van der Waals surface area contributed by atoms with Crippen LogP contribution in [0, 0.1) is 11.7 Å². The van der Waals surface area contributed by atoms with Crippen LogP contribution in [0.2, 0.25) is 0 Å². The summed E-state index contributed by atoms with van der Waals surface area (Å²) in [5.74, 6) is 0.505. The third-order valence-electron chi connectivity index (χ3n) is 3.84. The zero-order valence-electron chi connectivity index (χ0n) is 10.9. The van der Waals surface area contributed by atoms with E-state index in [-0.39, 0.29) is 5.82 Å². The highest BCUT2D eigenvalue weighted by Crippen LogP contribution is 2.37. The molecule has 0 aliphatic heterocycles. The first-order valence-electron chi connectivity index (χ1n) is 6.90. The summed E-state index contributed by atoms with van der Waals surface area (Å²) in [6.45, 7) is 3.08. The highest BCUT2D eigenvalue weighted by Gasteiger charge is 2.25. The number of hydrogen-bond acceptors (Lipinski definition) is 1. The van der Waals surface area contributed by atoms with Crippen LogP contribution >= 0.6 is 15.9 Å². The van der Waals surface area contributed by atoms with Crippen molar-refractivity contribution in [2.24, 2.45) is 5.92 Å². The summed E-state index contributed by atoms with van der Waals surface area (Å²) < 4.78 is 14.1. The van der Waals surface area contributed by atoms with Gasteiger partial charge in [-0.3, -0.25) is 0 Å². The number of rotatable bonds is 4. The molecule has 1 saturated carbocycles.